The lowest BCUT2D eigenvalue weighted by atomic mass is 10.1. The van der Waals surface area contributed by atoms with Gasteiger partial charge in [0.05, 0.1) is 10.6 Å². The second kappa shape index (κ2) is 6.41. The quantitative estimate of drug-likeness (QED) is 0.777. The molecule has 0 saturated heterocycles. The maximum Gasteiger partial charge on any atom is 0.255 e. The lowest BCUT2D eigenvalue weighted by Crippen LogP contribution is -2.23. The fourth-order valence-electron chi connectivity index (χ4n) is 2.21. The van der Waals surface area contributed by atoms with E-state index in [1.165, 1.54) is 11.3 Å². The Kier molecular flexibility index (Phi) is 4.16. The summed E-state index contributed by atoms with van der Waals surface area (Å²) in [5, 5.41) is 5.33. The highest BCUT2D eigenvalue weighted by atomic mass is 32.1. The lowest BCUT2D eigenvalue weighted by Gasteiger charge is -2.08. The van der Waals surface area contributed by atoms with E-state index in [1.54, 1.807) is 12.4 Å². The lowest BCUT2D eigenvalue weighted by molar-refractivity contribution is 0.0953. The van der Waals surface area contributed by atoms with Crippen LogP contribution in [0.1, 0.15) is 15.9 Å². The van der Waals surface area contributed by atoms with Crippen molar-refractivity contribution in [3.8, 4) is 11.1 Å². The van der Waals surface area contributed by atoms with Gasteiger partial charge in [0.2, 0.25) is 0 Å². The molecule has 0 spiro atoms. The maximum absolute atomic E-state index is 12.5. The van der Waals surface area contributed by atoms with Crippen LogP contribution in [0.25, 0.3) is 11.1 Å². The Morgan fingerprint density at radius 2 is 2.00 bits per heavy atom. The van der Waals surface area contributed by atoms with Crippen molar-refractivity contribution in [2.45, 2.75) is 6.54 Å². The van der Waals surface area contributed by atoms with E-state index in [2.05, 4.69) is 10.3 Å². The van der Waals surface area contributed by atoms with Crippen LogP contribution >= 0.6 is 11.3 Å². The molecule has 3 rings (SSSR count). The molecule has 2 aromatic heterocycles. The summed E-state index contributed by atoms with van der Waals surface area (Å²) in [5.74, 6) is -0.165. The summed E-state index contributed by atoms with van der Waals surface area (Å²) in [4.78, 5) is 16.6. The van der Waals surface area contributed by atoms with E-state index in [1.807, 2.05) is 47.8 Å². The third-order valence-corrected chi connectivity index (χ3v) is 4.13. The zero-order valence-electron chi connectivity index (χ0n) is 11.8. The van der Waals surface area contributed by atoms with Gasteiger partial charge in [-0.15, -0.1) is 11.3 Å². The molecule has 1 amide bonds. The second-order valence-corrected chi connectivity index (χ2v) is 5.71. The number of thiophene rings is 1. The molecule has 0 aliphatic heterocycles. The highest BCUT2D eigenvalue weighted by Crippen LogP contribution is 2.33. The van der Waals surface area contributed by atoms with Gasteiger partial charge in [-0.2, -0.15) is 0 Å². The molecule has 0 fully saturated rings. The van der Waals surface area contributed by atoms with Crippen molar-refractivity contribution >= 4 is 22.2 Å². The minimum atomic E-state index is -0.165. The van der Waals surface area contributed by atoms with E-state index < -0.39 is 0 Å². The molecule has 5 heteroatoms. The molecule has 0 saturated carbocycles. The summed E-state index contributed by atoms with van der Waals surface area (Å²) in [7, 11) is 0. The molecule has 0 aliphatic carbocycles. The summed E-state index contributed by atoms with van der Waals surface area (Å²) in [6.07, 6.45) is 3.43. The van der Waals surface area contributed by atoms with Crippen LogP contribution < -0.4 is 11.1 Å². The molecular weight excluding hydrogens is 294 g/mol. The molecule has 3 aromatic rings. The van der Waals surface area contributed by atoms with Crippen LogP contribution in [0.4, 0.5) is 5.00 Å². The molecule has 0 bridgehead atoms. The molecule has 4 nitrogen and oxygen atoms in total. The Morgan fingerprint density at radius 3 is 2.73 bits per heavy atom. The first-order valence-corrected chi connectivity index (χ1v) is 7.73. The number of nitrogens with two attached hydrogens (primary N) is 1. The highest BCUT2D eigenvalue weighted by molar-refractivity contribution is 7.15. The molecule has 0 unspecified atom stereocenters. The highest BCUT2D eigenvalue weighted by Gasteiger charge is 2.18. The van der Waals surface area contributed by atoms with Crippen molar-refractivity contribution in [3.63, 3.8) is 0 Å². The average molecular weight is 309 g/mol. The first-order chi connectivity index (χ1) is 10.8. The van der Waals surface area contributed by atoms with E-state index in [-0.39, 0.29) is 5.91 Å². The van der Waals surface area contributed by atoms with Gasteiger partial charge in [0.15, 0.2) is 0 Å². The van der Waals surface area contributed by atoms with Crippen LogP contribution in [-0.2, 0) is 6.54 Å². The van der Waals surface area contributed by atoms with Crippen molar-refractivity contribution in [1.29, 1.82) is 0 Å². The number of nitrogens with zero attached hydrogens (tertiary/aromatic N) is 1. The second-order valence-electron chi connectivity index (χ2n) is 4.80. The molecule has 0 radical (unpaired) electrons. The van der Waals surface area contributed by atoms with Crippen LogP contribution in [0, 0.1) is 0 Å². The normalized spacial score (nSPS) is 10.4. The molecule has 110 valence electrons. The van der Waals surface area contributed by atoms with Gasteiger partial charge in [0, 0.05) is 35.4 Å². The summed E-state index contributed by atoms with van der Waals surface area (Å²) >= 11 is 1.37. The van der Waals surface area contributed by atoms with Gasteiger partial charge >= 0.3 is 0 Å². The standard InChI is InChI=1S/C17H15N3OS/c18-16-15(14(11-22-16)13-7-4-8-19-10-13)17(21)20-9-12-5-2-1-3-6-12/h1-8,10-11H,9,18H2,(H,20,21). The fraction of sp³-hybridized carbons (Fsp3) is 0.0588. The molecular formula is C17H15N3OS. The zero-order valence-corrected chi connectivity index (χ0v) is 12.6. The molecule has 0 aliphatic rings. The predicted molar refractivity (Wildman–Crippen MR) is 89.6 cm³/mol. The van der Waals surface area contributed by atoms with Gasteiger partial charge in [0.25, 0.3) is 5.91 Å². The largest absolute Gasteiger partial charge is 0.390 e. The summed E-state index contributed by atoms with van der Waals surface area (Å²) in [6.45, 7) is 0.474. The van der Waals surface area contributed by atoms with E-state index in [0.717, 1.165) is 16.7 Å². The smallest absolute Gasteiger partial charge is 0.255 e. The van der Waals surface area contributed by atoms with Crippen LogP contribution in [-0.4, -0.2) is 10.9 Å². The number of aromatic nitrogens is 1. The predicted octanol–water partition coefficient (Wildman–Crippen LogP) is 3.32. The van der Waals surface area contributed by atoms with E-state index in [4.69, 9.17) is 5.73 Å². The van der Waals surface area contributed by atoms with Crippen molar-refractivity contribution in [1.82, 2.24) is 10.3 Å². The number of amides is 1. The number of anilines is 1. The molecule has 1 aromatic carbocycles. The summed E-state index contributed by atoms with van der Waals surface area (Å²) in [6, 6.07) is 13.5. The van der Waals surface area contributed by atoms with Crippen molar-refractivity contribution in [3.05, 3.63) is 71.4 Å². The van der Waals surface area contributed by atoms with Gasteiger partial charge in [-0.05, 0) is 11.6 Å². The third-order valence-electron chi connectivity index (χ3n) is 3.31. The number of carbonyl (C=O) groups is 1. The Bertz CT molecular complexity index is 769. The van der Waals surface area contributed by atoms with Crippen molar-refractivity contribution in [2.75, 3.05) is 5.73 Å². The van der Waals surface area contributed by atoms with Gasteiger partial charge in [-0.25, -0.2) is 0 Å². The Morgan fingerprint density at radius 1 is 1.18 bits per heavy atom. The van der Waals surface area contributed by atoms with E-state index in [9.17, 15) is 4.79 Å². The van der Waals surface area contributed by atoms with Gasteiger partial charge in [-0.1, -0.05) is 36.4 Å². The number of benzene rings is 1. The zero-order chi connectivity index (χ0) is 15.4. The first kappa shape index (κ1) is 14.3. The summed E-state index contributed by atoms with van der Waals surface area (Å²) < 4.78 is 0. The van der Waals surface area contributed by atoms with Gasteiger partial charge in [-0.3, -0.25) is 9.78 Å². The topological polar surface area (TPSA) is 68.0 Å². The van der Waals surface area contributed by atoms with Crippen LogP contribution in [0.5, 0.6) is 0 Å². The number of nitrogen functional groups attached to an aromatic ring is 1. The van der Waals surface area contributed by atoms with E-state index >= 15 is 0 Å². The maximum atomic E-state index is 12.5. The Balaban J connectivity index is 1.82. The number of pyridine rings is 1. The molecule has 22 heavy (non-hydrogen) atoms. The van der Waals surface area contributed by atoms with Crippen molar-refractivity contribution in [2.24, 2.45) is 0 Å². The number of nitrogens with one attached hydrogen (secondary N) is 1. The molecule has 0 atom stereocenters. The molecule has 2 heterocycles. The van der Waals surface area contributed by atoms with Crippen LogP contribution in [0.2, 0.25) is 0 Å². The van der Waals surface area contributed by atoms with Gasteiger partial charge in [0.1, 0.15) is 0 Å². The Hall–Kier alpha value is -2.66. The summed E-state index contributed by atoms with van der Waals surface area (Å²) in [5.41, 5.74) is 9.27. The number of rotatable bonds is 4. The number of hydrogen-bond acceptors (Lipinski definition) is 4. The average Bonchev–Trinajstić information content (AvgIpc) is 2.96. The third kappa shape index (κ3) is 2.99. The minimum Gasteiger partial charge on any atom is -0.390 e. The molecule has 3 N–H and O–H groups in total. The fourth-order valence-corrected chi connectivity index (χ4v) is 3.03. The van der Waals surface area contributed by atoms with Crippen LogP contribution in [0.3, 0.4) is 0 Å². The minimum absolute atomic E-state index is 0.165. The van der Waals surface area contributed by atoms with Crippen LogP contribution in [0.15, 0.2) is 60.2 Å². The Labute approximate surface area is 132 Å². The van der Waals surface area contributed by atoms with Crippen molar-refractivity contribution < 1.29 is 4.79 Å². The van der Waals surface area contributed by atoms with E-state index in [0.29, 0.717) is 17.1 Å². The SMILES string of the molecule is Nc1scc(-c2cccnc2)c1C(=O)NCc1ccccc1. The number of carbonyl (C=O) groups excluding carboxylic acids is 1. The monoisotopic (exact) mass is 309 g/mol. The van der Waals surface area contributed by atoms with Gasteiger partial charge < -0.3 is 11.1 Å². The number of hydrogen-bond donors (Lipinski definition) is 2. The first-order valence-electron chi connectivity index (χ1n) is 6.85.